The van der Waals surface area contributed by atoms with E-state index in [9.17, 15) is 13.2 Å². The van der Waals surface area contributed by atoms with Crippen LogP contribution in [0.2, 0.25) is 0 Å². The molecule has 0 fully saturated rings. The predicted octanol–water partition coefficient (Wildman–Crippen LogP) is 1.80. The van der Waals surface area contributed by atoms with E-state index in [-0.39, 0.29) is 24.7 Å². The third kappa shape index (κ3) is 4.51. The van der Waals surface area contributed by atoms with Crippen LogP contribution in [0, 0.1) is 0 Å². The maximum absolute atomic E-state index is 12.5. The number of carbonyl (C=O) groups is 1. The molecule has 3 rings (SSSR count). The van der Waals surface area contributed by atoms with Crippen LogP contribution in [-0.4, -0.2) is 45.9 Å². The van der Waals surface area contributed by atoms with Crippen molar-refractivity contribution in [3.8, 4) is 11.5 Å². The summed E-state index contributed by atoms with van der Waals surface area (Å²) >= 11 is 0. The predicted molar refractivity (Wildman–Crippen MR) is 103 cm³/mol. The Morgan fingerprint density at radius 1 is 1.19 bits per heavy atom. The van der Waals surface area contributed by atoms with Gasteiger partial charge in [-0.3, -0.25) is 9.10 Å². The second kappa shape index (κ2) is 8.30. The van der Waals surface area contributed by atoms with Crippen LogP contribution in [0.15, 0.2) is 54.6 Å². The lowest BCUT2D eigenvalue weighted by Crippen LogP contribution is -2.51. The van der Waals surface area contributed by atoms with E-state index >= 15 is 0 Å². The zero-order chi connectivity index (χ0) is 19.3. The molecule has 1 heterocycles. The quantitative estimate of drug-likeness (QED) is 0.729. The topological polar surface area (TPSA) is 84.9 Å². The molecule has 0 saturated heterocycles. The number of anilines is 1. The summed E-state index contributed by atoms with van der Waals surface area (Å²) in [4.78, 5) is 12.5. The molecule has 1 N–H and O–H groups in total. The maximum atomic E-state index is 12.5. The van der Waals surface area contributed by atoms with Gasteiger partial charge in [-0.2, -0.15) is 0 Å². The van der Waals surface area contributed by atoms with Gasteiger partial charge in [0.15, 0.2) is 6.10 Å². The highest BCUT2D eigenvalue weighted by molar-refractivity contribution is 7.92. The van der Waals surface area contributed by atoms with Gasteiger partial charge in [0.2, 0.25) is 10.0 Å². The Bertz CT molecular complexity index is 886. The number of ether oxygens (including phenoxy) is 2. The number of rotatable bonds is 7. The lowest BCUT2D eigenvalue weighted by atomic mass is 10.2. The van der Waals surface area contributed by atoms with Crippen molar-refractivity contribution in [2.45, 2.75) is 13.0 Å². The Balaban J connectivity index is 1.62. The summed E-state index contributed by atoms with van der Waals surface area (Å²) in [5, 5.41) is 2.73. The average Bonchev–Trinajstić information content (AvgIpc) is 2.71. The second-order valence-electron chi connectivity index (χ2n) is 5.96. The SMILES string of the molecule is CCS(=O)(=O)N1C[C@@H](C(=O)NCCOc2ccccc2)Oc2ccccc21. The highest BCUT2D eigenvalue weighted by Gasteiger charge is 2.35. The van der Waals surface area contributed by atoms with Gasteiger partial charge in [0.25, 0.3) is 5.91 Å². The standard InChI is InChI=1S/C19H22N2O5S/c1-2-27(23,24)21-14-18(26-17-11-7-6-10-16(17)21)19(22)20-12-13-25-15-8-4-3-5-9-15/h3-11,18H,2,12-14H2,1H3,(H,20,22)/t18-/m0/s1. The van der Waals surface area contributed by atoms with Gasteiger partial charge < -0.3 is 14.8 Å². The fraction of sp³-hybridized carbons (Fsp3) is 0.316. The van der Waals surface area contributed by atoms with E-state index < -0.39 is 16.1 Å². The third-order valence-corrected chi connectivity index (χ3v) is 5.89. The van der Waals surface area contributed by atoms with Crippen LogP contribution >= 0.6 is 0 Å². The molecule has 0 radical (unpaired) electrons. The molecule has 2 aromatic carbocycles. The molecular formula is C19H22N2O5S. The molecule has 0 saturated carbocycles. The number of hydrogen-bond acceptors (Lipinski definition) is 5. The molecule has 0 bridgehead atoms. The second-order valence-corrected chi connectivity index (χ2v) is 8.14. The minimum atomic E-state index is -3.51. The summed E-state index contributed by atoms with van der Waals surface area (Å²) < 4.78 is 37.3. The normalized spacial score (nSPS) is 16.2. The van der Waals surface area contributed by atoms with E-state index in [1.54, 1.807) is 31.2 Å². The van der Waals surface area contributed by atoms with E-state index in [1.807, 2.05) is 30.3 Å². The van der Waals surface area contributed by atoms with E-state index in [4.69, 9.17) is 9.47 Å². The number of benzene rings is 2. The molecule has 0 spiro atoms. The third-order valence-electron chi connectivity index (χ3n) is 4.14. The largest absolute Gasteiger partial charge is 0.492 e. The van der Waals surface area contributed by atoms with Crippen LogP contribution in [0.4, 0.5) is 5.69 Å². The molecule has 0 aromatic heterocycles. The van der Waals surface area contributed by atoms with Crippen molar-refractivity contribution in [3.05, 3.63) is 54.6 Å². The van der Waals surface area contributed by atoms with E-state index in [0.29, 0.717) is 18.0 Å². The molecule has 27 heavy (non-hydrogen) atoms. The van der Waals surface area contributed by atoms with Crippen LogP contribution in [0.25, 0.3) is 0 Å². The molecule has 1 atom stereocenters. The Hall–Kier alpha value is -2.74. The van der Waals surface area contributed by atoms with Gasteiger partial charge in [0.05, 0.1) is 24.5 Å². The molecule has 8 heteroatoms. The smallest absolute Gasteiger partial charge is 0.263 e. The Labute approximate surface area is 158 Å². The van der Waals surface area contributed by atoms with Crippen molar-refractivity contribution in [2.24, 2.45) is 0 Å². The zero-order valence-electron chi connectivity index (χ0n) is 15.0. The van der Waals surface area contributed by atoms with Crippen LogP contribution in [0.5, 0.6) is 11.5 Å². The summed E-state index contributed by atoms with van der Waals surface area (Å²) in [6, 6.07) is 16.1. The van der Waals surface area contributed by atoms with Gasteiger partial charge in [0, 0.05) is 0 Å². The molecule has 1 aliphatic heterocycles. The lowest BCUT2D eigenvalue weighted by molar-refractivity contribution is -0.127. The Morgan fingerprint density at radius 2 is 1.89 bits per heavy atom. The van der Waals surface area contributed by atoms with Crippen LogP contribution < -0.4 is 19.1 Å². The number of nitrogens with zero attached hydrogens (tertiary/aromatic N) is 1. The molecule has 1 aliphatic rings. The lowest BCUT2D eigenvalue weighted by Gasteiger charge is -2.34. The van der Waals surface area contributed by atoms with E-state index in [0.717, 1.165) is 5.75 Å². The molecule has 2 aromatic rings. The molecule has 0 unspecified atom stereocenters. The van der Waals surface area contributed by atoms with E-state index in [1.165, 1.54) is 4.31 Å². The summed E-state index contributed by atoms with van der Waals surface area (Å²) in [6.07, 6.45) is -0.919. The highest BCUT2D eigenvalue weighted by Crippen LogP contribution is 2.34. The fourth-order valence-corrected chi connectivity index (χ4v) is 3.86. The number of fused-ring (bicyclic) bond motifs is 1. The first-order chi connectivity index (χ1) is 13.0. The van der Waals surface area contributed by atoms with Gasteiger partial charge in [-0.15, -0.1) is 0 Å². The van der Waals surface area contributed by atoms with Gasteiger partial charge in [-0.25, -0.2) is 8.42 Å². The minimum absolute atomic E-state index is 0.0550. The van der Waals surface area contributed by atoms with Crippen molar-refractivity contribution in [1.29, 1.82) is 0 Å². The summed E-state index contributed by atoms with van der Waals surface area (Å²) in [7, 11) is -3.51. The highest BCUT2D eigenvalue weighted by atomic mass is 32.2. The zero-order valence-corrected chi connectivity index (χ0v) is 15.8. The minimum Gasteiger partial charge on any atom is -0.492 e. The van der Waals surface area contributed by atoms with Crippen LogP contribution in [0.3, 0.4) is 0 Å². The van der Waals surface area contributed by atoms with Crippen molar-refractivity contribution in [3.63, 3.8) is 0 Å². The van der Waals surface area contributed by atoms with Crippen molar-refractivity contribution in [1.82, 2.24) is 5.32 Å². The average molecular weight is 390 g/mol. The van der Waals surface area contributed by atoms with Gasteiger partial charge in [-0.1, -0.05) is 30.3 Å². The molecular weight excluding hydrogens is 368 g/mol. The molecule has 0 aliphatic carbocycles. The van der Waals surface area contributed by atoms with Gasteiger partial charge in [-0.05, 0) is 31.2 Å². The molecule has 144 valence electrons. The first-order valence-corrected chi connectivity index (χ1v) is 10.3. The fourth-order valence-electron chi connectivity index (χ4n) is 2.73. The van der Waals surface area contributed by atoms with E-state index in [2.05, 4.69) is 5.32 Å². The van der Waals surface area contributed by atoms with Crippen LogP contribution in [0.1, 0.15) is 6.92 Å². The monoisotopic (exact) mass is 390 g/mol. The number of para-hydroxylation sites is 3. The Morgan fingerprint density at radius 3 is 2.63 bits per heavy atom. The summed E-state index contributed by atoms with van der Waals surface area (Å²) in [5.41, 5.74) is 0.454. The molecule has 1 amide bonds. The van der Waals surface area contributed by atoms with Gasteiger partial charge >= 0.3 is 0 Å². The van der Waals surface area contributed by atoms with Gasteiger partial charge in [0.1, 0.15) is 18.1 Å². The first kappa shape index (κ1) is 19.0. The number of hydrogen-bond donors (Lipinski definition) is 1. The summed E-state index contributed by atoms with van der Waals surface area (Å²) in [6.45, 7) is 2.10. The van der Waals surface area contributed by atoms with Crippen molar-refractivity contribution >= 4 is 21.6 Å². The van der Waals surface area contributed by atoms with Crippen molar-refractivity contribution < 1.29 is 22.7 Å². The number of amides is 1. The molecule has 7 nitrogen and oxygen atoms in total. The van der Waals surface area contributed by atoms with Crippen molar-refractivity contribution in [2.75, 3.05) is 29.8 Å². The first-order valence-electron chi connectivity index (χ1n) is 8.73. The maximum Gasteiger partial charge on any atom is 0.263 e. The Kier molecular flexibility index (Phi) is 5.85. The number of nitrogens with one attached hydrogen (secondary N) is 1. The summed E-state index contributed by atoms with van der Waals surface area (Å²) in [5.74, 6) is 0.661. The number of carbonyl (C=O) groups excluding carboxylic acids is 1. The number of sulfonamides is 1. The van der Waals surface area contributed by atoms with Crippen LogP contribution in [-0.2, 0) is 14.8 Å².